The number of hydrogen-bond acceptors (Lipinski definition) is 3. The van der Waals surface area contributed by atoms with Gasteiger partial charge in [-0.25, -0.2) is 4.31 Å². The van der Waals surface area contributed by atoms with E-state index >= 15 is 0 Å². The van der Waals surface area contributed by atoms with Gasteiger partial charge in [0.15, 0.2) is 0 Å². The van der Waals surface area contributed by atoms with Gasteiger partial charge in [-0.15, -0.1) is 0 Å². The van der Waals surface area contributed by atoms with Crippen LogP contribution < -0.4 is 9.62 Å². The molecule has 5 nitrogen and oxygen atoms in total. The average Bonchev–Trinajstić information content (AvgIpc) is 2.47. The van der Waals surface area contributed by atoms with Gasteiger partial charge in [0.25, 0.3) is 0 Å². The standard InChI is InChI=1S/C16H28N2O3S/c1-5-13-16(6-2,7-3)17-14-9-11-15(12-10-14)18(8-4)22(19,20)21/h9-12,17H,5-8,13H2,1-4H3,(H,19,20,21). The summed E-state index contributed by atoms with van der Waals surface area (Å²) in [5.74, 6) is 0. The summed E-state index contributed by atoms with van der Waals surface area (Å²) in [6.45, 7) is 8.40. The molecule has 0 saturated carbocycles. The smallest absolute Gasteiger partial charge is 0.359 e. The maximum Gasteiger partial charge on any atom is 0.359 e. The Morgan fingerprint density at radius 3 is 2.00 bits per heavy atom. The minimum Gasteiger partial charge on any atom is -0.380 e. The molecule has 0 radical (unpaired) electrons. The molecule has 0 aromatic heterocycles. The summed E-state index contributed by atoms with van der Waals surface area (Å²) in [6.07, 6.45) is 4.27. The maximum absolute atomic E-state index is 11.3. The molecule has 1 aromatic carbocycles. The van der Waals surface area contributed by atoms with E-state index in [2.05, 4.69) is 26.1 Å². The zero-order valence-corrected chi connectivity index (χ0v) is 14.8. The summed E-state index contributed by atoms with van der Waals surface area (Å²) in [6, 6.07) is 7.14. The largest absolute Gasteiger partial charge is 0.380 e. The van der Waals surface area contributed by atoms with E-state index in [9.17, 15) is 13.0 Å². The van der Waals surface area contributed by atoms with Gasteiger partial charge in [-0.3, -0.25) is 4.55 Å². The Labute approximate surface area is 134 Å². The quantitative estimate of drug-likeness (QED) is 0.670. The first kappa shape index (κ1) is 18.8. The van der Waals surface area contributed by atoms with Crippen molar-refractivity contribution in [3.63, 3.8) is 0 Å². The highest BCUT2D eigenvalue weighted by atomic mass is 32.2. The lowest BCUT2D eigenvalue weighted by molar-refractivity contribution is 0.399. The second-order valence-electron chi connectivity index (χ2n) is 5.55. The first-order valence-electron chi connectivity index (χ1n) is 7.95. The molecule has 0 amide bonds. The van der Waals surface area contributed by atoms with Crippen molar-refractivity contribution in [2.24, 2.45) is 0 Å². The molecule has 0 atom stereocenters. The van der Waals surface area contributed by atoms with Crippen LogP contribution in [0, 0.1) is 0 Å². The number of hydrogen-bond donors (Lipinski definition) is 2. The third-order valence-corrected chi connectivity index (χ3v) is 5.24. The lowest BCUT2D eigenvalue weighted by Crippen LogP contribution is -2.36. The van der Waals surface area contributed by atoms with Gasteiger partial charge in [0.1, 0.15) is 0 Å². The van der Waals surface area contributed by atoms with Crippen molar-refractivity contribution < 1.29 is 13.0 Å². The van der Waals surface area contributed by atoms with Gasteiger partial charge in [0.2, 0.25) is 0 Å². The number of nitrogens with one attached hydrogen (secondary N) is 1. The summed E-state index contributed by atoms with van der Waals surface area (Å²) in [4.78, 5) is 0. The van der Waals surface area contributed by atoms with Crippen molar-refractivity contribution in [2.45, 2.75) is 58.9 Å². The molecule has 6 heteroatoms. The first-order chi connectivity index (χ1) is 10.3. The molecule has 0 aliphatic heterocycles. The maximum atomic E-state index is 11.3. The minimum absolute atomic E-state index is 0.0732. The van der Waals surface area contributed by atoms with Crippen molar-refractivity contribution in [3.05, 3.63) is 24.3 Å². The number of rotatable bonds is 9. The van der Waals surface area contributed by atoms with Gasteiger partial charge in [-0.05, 0) is 50.5 Å². The molecular weight excluding hydrogens is 300 g/mol. The molecule has 0 saturated heterocycles. The highest BCUT2D eigenvalue weighted by Crippen LogP contribution is 2.28. The molecule has 0 aliphatic carbocycles. The van der Waals surface area contributed by atoms with Crippen molar-refractivity contribution in [2.75, 3.05) is 16.2 Å². The summed E-state index contributed by atoms with van der Waals surface area (Å²) in [5.41, 5.74) is 1.50. The van der Waals surface area contributed by atoms with Crippen molar-refractivity contribution in [1.29, 1.82) is 0 Å². The van der Waals surface area contributed by atoms with Crippen molar-refractivity contribution >= 4 is 21.7 Å². The van der Waals surface area contributed by atoms with Gasteiger partial charge in [0, 0.05) is 17.8 Å². The SMILES string of the molecule is CCCC(CC)(CC)Nc1ccc(N(CC)S(=O)(=O)O)cc1. The Balaban J connectivity index is 2.97. The molecule has 0 bridgehead atoms. The fraction of sp³-hybridized carbons (Fsp3) is 0.625. The zero-order chi connectivity index (χ0) is 16.8. The van der Waals surface area contributed by atoms with E-state index in [4.69, 9.17) is 0 Å². The molecule has 2 N–H and O–H groups in total. The van der Waals surface area contributed by atoms with Gasteiger partial charge in [-0.2, -0.15) is 8.42 Å². The summed E-state index contributed by atoms with van der Waals surface area (Å²) in [5, 5.41) is 3.59. The summed E-state index contributed by atoms with van der Waals surface area (Å²) >= 11 is 0. The fourth-order valence-electron chi connectivity index (χ4n) is 2.82. The first-order valence-corrected chi connectivity index (χ1v) is 9.35. The molecule has 22 heavy (non-hydrogen) atoms. The van der Waals surface area contributed by atoms with Gasteiger partial charge in [-0.1, -0.05) is 27.2 Å². The van der Waals surface area contributed by atoms with Crippen LogP contribution in [-0.4, -0.2) is 25.1 Å². The Hall–Kier alpha value is -1.27. The second-order valence-corrected chi connectivity index (χ2v) is 6.89. The van der Waals surface area contributed by atoms with Crippen LogP contribution >= 0.6 is 0 Å². The Kier molecular flexibility index (Phi) is 6.68. The number of nitrogens with zero attached hydrogens (tertiary/aromatic N) is 1. The lowest BCUT2D eigenvalue weighted by atomic mass is 9.87. The molecule has 0 heterocycles. The minimum atomic E-state index is -4.22. The average molecular weight is 328 g/mol. The third kappa shape index (κ3) is 4.61. The van der Waals surface area contributed by atoms with E-state index < -0.39 is 10.3 Å². The number of anilines is 2. The van der Waals surface area contributed by atoms with Crippen molar-refractivity contribution in [1.82, 2.24) is 0 Å². The third-order valence-electron chi connectivity index (χ3n) is 4.21. The molecule has 0 fully saturated rings. The fourth-order valence-corrected chi connectivity index (χ4v) is 3.53. The van der Waals surface area contributed by atoms with Crippen LogP contribution in [0.4, 0.5) is 11.4 Å². The van der Waals surface area contributed by atoms with Crippen LogP contribution in [-0.2, 0) is 10.3 Å². The van der Waals surface area contributed by atoms with Crippen LogP contribution in [0.1, 0.15) is 53.4 Å². The molecule has 0 aliphatic rings. The Morgan fingerprint density at radius 1 is 1.09 bits per heavy atom. The lowest BCUT2D eigenvalue weighted by Gasteiger charge is -2.34. The van der Waals surface area contributed by atoms with Gasteiger partial charge < -0.3 is 5.32 Å². The number of benzene rings is 1. The summed E-state index contributed by atoms with van der Waals surface area (Å²) in [7, 11) is -4.22. The molecule has 0 spiro atoms. The molecule has 1 rings (SSSR count). The molecule has 1 aromatic rings. The predicted molar refractivity (Wildman–Crippen MR) is 92.9 cm³/mol. The van der Waals surface area contributed by atoms with Crippen LogP contribution in [0.3, 0.4) is 0 Å². The normalized spacial score (nSPS) is 12.2. The monoisotopic (exact) mass is 328 g/mol. The molecular formula is C16H28N2O3S. The van der Waals surface area contributed by atoms with Gasteiger partial charge >= 0.3 is 10.3 Å². The van der Waals surface area contributed by atoms with E-state index in [-0.39, 0.29) is 12.1 Å². The van der Waals surface area contributed by atoms with E-state index in [1.54, 1.807) is 19.1 Å². The Bertz CT molecular complexity index is 551. The second kappa shape index (κ2) is 7.83. The highest BCUT2D eigenvalue weighted by molar-refractivity contribution is 7.87. The van der Waals surface area contributed by atoms with Crippen molar-refractivity contribution in [3.8, 4) is 0 Å². The van der Waals surface area contributed by atoms with E-state index in [1.807, 2.05) is 12.1 Å². The predicted octanol–water partition coefficient (Wildman–Crippen LogP) is 4.09. The topological polar surface area (TPSA) is 69.6 Å². The van der Waals surface area contributed by atoms with Crippen LogP contribution in [0.25, 0.3) is 0 Å². The van der Waals surface area contributed by atoms with Crippen LogP contribution in [0.15, 0.2) is 24.3 Å². The van der Waals surface area contributed by atoms with E-state index in [1.165, 1.54) is 0 Å². The van der Waals surface area contributed by atoms with Crippen LogP contribution in [0.5, 0.6) is 0 Å². The molecule has 126 valence electrons. The highest BCUT2D eigenvalue weighted by Gasteiger charge is 2.24. The Morgan fingerprint density at radius 2 is 1.64 bits per heavy atom. The molecule has 0 unspecified atom stereocenters. The van der Waals surface area contributed by atoms with E-state index in [0.29, 0.717) is 5.69 Å². The van der Waals surface area contributed by atoms with Gasteiger partial charge in [0.05, 0.1) is 5.69 Å². The zero-order valence-electron chi connectivity index (χ0n) is 14.0. The summed E-state index contributed by atoms with van der Waals surface area (Å²) < 4.78 is 32.8. The van der Waals surface area contributed by atoms with Crippen LogP contribution in [0.2, 0.25) is 0 Å². The van der Waals surface area contributed by atoms with E-state index in [0.717, 1.165) is 35.7 Å².